The molecule has 0 aliphatic carbocycles. The van der Waals surface area contributed by atoms with Crippen LogP contribution in [-0.2, 0) is 0 Å². The fourth-order valence-electron chi connectivity index (χ4n) is 1.88. The number of rotatable bonds is 5. The summed E-state index contributed by atoms with van der Waals surface area (Å²) < 4.78 is 1.00. The molecule has 0 bridgehead atoms. The number of nitrogens with zero attached hydrogens (tertiary/aromatic N) is 1. The summed E-state index contributed by atoms with van der Waals surface area (Å²) in [5, 5.41) is 7.49. The van der Waals surface area contributed by atoms with Crippen LogP contribution in [0, 0.1) is 0 Å². The Morgan fingerprint density at radius 2 is 2.21 bits per heavy atom. The minimum atomic E-state index is 0.225. The second-order valence-corrected chi connectivity index (χ2v) is 6.82. The van der Waals surface area contributed by atoms with Crippen molar-refractivity contribution in [2.75, 3.05) is 6.54 Å². The van der Waals surface area contributed by atoms with Crippen molar-refractivity contribution in [1.29, 1.82) is 0 Å². The molecule has 2 nitrogen and oxygen atoms in total. The van der Waals surface area contributed by atoms with Gasteiger partial charge in [-0.15, -0.1) is 11.3 Å². The summed E-state index contributed by atoms with van der Waals surface area (Å²) in [5.74, 6) is 0.414. The molecule has 2 unspecified atom stereocenters. The van der Waals surface area contributed by atoms with E-state index in [-0.39, 0.29) is 6.04 Å². The highest BCUT2D eigenvalue weighted by Crippen LogP contribution is 2.27. The Kier molecular flexibility index (Phi) is 5.39. The van der Waals surface area contributed by atoms with E-state index in [0.29, 0.717) is 5.92 Å². The van der Waals surface area contributed by atoms with Crippen LogP contribution in [0.2, 0.25) is 5.02 Å². The van der Waals surface area contributed by atoms with E-state index in [1.165, 1.54) is 5.01 Å². The zero-order valence-electron chi connectivity index (χ0n) is 10.9. The molecule has 0 saturated carbocycles. The van der Waals surface area contributed by atoms with Gasteiger partial charge in [-0.1, -0.05) is 40.5 Å². The lowest BCUT2D eigenvalue weighted by atomic mass is 10.1. The Hall–Kier alpha value is -0.420. The van der Waals surface area contributed by atoms with Crippen molar-refractivity contribution in [3.63, 3.8) is 0 Å². The molecule has 0 aliphatic rings. The molecule has 0 aliphatic heterocycles. The predicted molar refractivity (Wildman–Crippen MR) is 86.1 cm³/mol. The molecule has 0 radical (unpaired) electrons. The van der Waals surface area contributed by atoms with E-state index in [1.54, 1.807) is 11.3 Å². The van der Waals surface area contributed by atoms with Gasteiger partial charge in [0.25, 0.3) is 0 Å². The summed E-state index contributed by atoms with van der Waals surface area (Å²) in [6.07, 6.45) is 1.85. The minimum absolute atomic E-state index is 0.225. The highest BCUT2D eigenvalue weighted by Gasteiger charge is 2.13. The van der Waals surface area contributed by atoms with Gasteiger partial charge in [0.1, 0.15) is 0 Å². The Balaban J connectivity index is 1.96. The molecule has 19 heavy (non-hydrogen) atoms. The van der Waals surface area contributed by atoms with Gasteiger partial charge >= 0.3 is 0 Å². The molecule has 2 rings (SSSR count). The van der Waals surface area contributed by atoms with Crippen LogP contribution < -0.4 is 5.32 Å². The van der Waals surface area contributed by atoms with Crippen LogP contribution in [-0.4, -0.2) is 11.5 Å². The van der Waals surface area contributed by atoms with Crippen LogP contribution in [0.5, 0.6) is 0 Å². The number of hydrogen-bond acceptors (Lipinski definition) is 3. The molecule has 2 aromatic rings. The summed E-state index contributed by atoms with van der Waals surface area (Å²) in [6, 6.07) is 6.23. The molecule has 1 N–H and O–H groups in total. The van der Waals surface area contributed by atoms with Gasteiger partial charge in [0.2, 0.25) is 0 Å². The smallest absolute Gasteiger partial charge is 0.0965 e. The Morgan fingerprint density at radius 1 is 1.42 bits per heavy atom. The van der Waals surface area contributed by atoms with E-state index in [1.807, 2.05) is 23.7 Å². The van der Waals surface area contributed by atoms with Gasteiger partial charge in [-0.25, -0.2) is 4.98 Å². The minimum Gasteiger partial charge on any atom is -0.309 e. The Bertz CT molecular complexity index is 530. The highest BCUT2D eigenvalue weighted by atomic mass is 79.9. The lowest BCUT2D eigenvalue weighted by Gasteiger charge is -2.18. The second kappa shape index (κ2) is 6.84. The summed E-state index contributed by atoms with van der Waals surface area (Å²) in [4.78, 5) is 4.34. The normalized spacial score (nSPS) is 14.3. The number of hydrogen-bond donors (Lipinski definition) is 1. The van der Waals surface area contributed by atoms with E-state index in [4.69, 9.17) is 11.6 Å². The summed E-state index contributed by atoms with van der Waals surface area (Å²) in [5.41, 5.74) is 1.12. The van der Waals surface area contributed by atoms with Crippen LogP contribution in [0.25, 0.3) is 0 Å². The largest absolute Gasteiger partial charge is 0.309 e. The topological polar surface area (TPSA) is 24.9 Å². The van der Waals surface area contributed by atoms with Crippen molar-refractivity contribution in [2.24, 2.45) is 0 Å². The standard InChI is InChI=1S/C14H16BrClN2S/c1-9(14-17-5-6-19-14)8-18-10(2)12-4-3-11(15)7-13(12)16/h3-7,9-10,18H,8H2,1-2H3. The third kappa shape index (κ3) is 4.02. The lowest BCUT2D eigenvalue weighted by molar-refractivity contribution is 0.536. The van der Waals surface area contributed by atoms with Gasteiger partial charge in [0.15, 0.2) is 0 Å². The van der Waals surface area contributed by atoms with E-state index < -0.39 is 0 Å². The lowest BCUT2D eigenvalue weighted by Crippen LogP contribution is -2.23. The average Bonchev–Trinajstić information content (AvgIpc) is 2.89. The Morgan fingerprint density at radius 3 is 2.84 bits per heavy atom. The van der Waals surface area contributed by atoms with Crippen molar-refractivity contribution < 1.29 is 0 Å². The van der Waals surface area contributed by atoms with E-state index >= 15 is 0 Å². The third-order valence-electron chi connectivity index (χ3n) is 3.03. The summed E-state index contributed by atoms with van der Waals surface area (Å²) >= 11 is 11.4. The first kappa shape index (κ1) is 15.0. The van der Waals surface area contributed by atoms with E-state index in [2.05, 4.69) is 46.1 Å². The van der Waals surface area contributed by atoms with Crippen LogP contribution >= 0.6 is 38.9 Å². The molecule has 0 spiro atoms. The second-order valence-electron chi connectivity index (χ2n) is 4.57. The van der Waals surface area contributed by atoms with E-state index in [0.717, 1.165) is 21.6 Å². The molecule has 0 saturated heterocycles. The number of halogens is 2. The number of aromatic nitrogens is 1. The van der Waals surface area contributed by atoms with Crippen LogP contribution in [0.15, 0.2) is 34.2 Å². The fraction of sp³-hybridized carbons (Fsp3) is 0.357. The van der Waals surface area contributed by atoms with Gasteiger partial charge in [-0.3, -0.25) is 0 Å². The summed E-state index contributed by atoms with van der Waals surface area (Å²) in [7, 11) is 0. The molecule has 1 aromatic heterocycles. The maximum Gasteiger partial charge on any atom is 0.0965 e. The van der Waals surface area contributed by atoms with Gasteiger partial charge in [-0.2, -0.15) is 0 Å². The Labute approximate surface area is 131 Å². The third-order valence-corrected chi connectivity index (χ3v) is 4.86. The first-order chi connectivity index (χ1) is 9.08. The van der Waals surface area contributed by atoms with Crippen molar-refractivity contribution in [3.8, 4) is 0 Å². The molecular weight excluding hydrogens is 344 g/mol. The van der Waals surface area contributed by atoms with Crippen molar-refractivity contribution in [3.05, 3.63) is 49.8 Å². The van der Waals surface area contributed by atoms with Crippen LogP contribution in [0.4, 0.5) is 0 Å². The van der Waals surface area contributed by atoms with Gasteiger partial charge in [-0.05, 0) is 24.6 Å². The quantitative estimate of drug-likeness (QED) is 0.811. The van der Waals surface area contributed by atoms with Crippen molar-refractivity contribution >= 4 is 38.9 Å². The molecule has 0 amide bonds. The zero-order chi connectivity index (χ0) is 13.8. The molecule has 1 aromatic carbocycles. The molecule has 1 heterocycles. The molecule has 102 valence electrons. The van der Waals surface area contributed by atoms with Crippen molar-refractivity contribution in [2.45, 2.75) is 25.8 Å². The van der Waals surface area contributed by atoms with Crippen LogP contribution in [0.1, 0.15) is 36.4 Å². The zero-order valence-corrected chi connectivity index (χ0v) is 14.0. The first-order valence-electron chi connectivity index (χ1n) is 6.15. The van der Waals surface area contributed by atoms with Gasteiger partial charge < -0.3 is 5.32 Å². The molecular formula is C14H16BrClN2S. The first-order valence-corrected chi connectivity index (χ1v) is 8.20. The van der Waals surface area contributed by atoms with Gasteiger partial charge in [0.05, 0.1) is 5.01 Å². The maximum atomic E-state index is 6.26. The SMILES string of the molecule is CC(CNC(C)c1ccc(Br)cc1Cl)c1nccs1. The van der Waals surface area contributed by atoms with E-state index in [9.17, 15) is 0 Å². The predicted octanol–water partition coefficient (Wildman–Crippen LogP) is 5.01. The monoisotopic (exact) mass is 358 g/mol. The number of thiazole rings is 1. The molecule has 2 atom stereocenters. The number of nitrogens with one attached hydrogen (secondary N) is 1. The molecule has 5 heteroatoms. The average molecular weight is 360 g/mol. The number of benzene rings is 1. The van der Waals surface area contributed by atoms with Gasteiger partial charge in [0, 0.05) is 39.6 Å². The van der Waals surface area contributed by atoms with Crippen LogP contribution in [0.3, 0.4) is 0 Å². The van der Waals surface area contributed by atoms with Crippen molar-refractivity contribution in [1.82, 2.24) is 10.3 Å². The molecule has 0 fully saturated rings. The maximum absolute atomic E-state index is 6.26. The highest BCUT2D eigenvalue weighted by molar-refractivity contribution is 9.10. The fourth-order valence-corrected chi connectivity index (χ4v) is 3.42. The summed E-state index contributed by atoms with van der Waals surface area (Å²) in [6.45, 7) is 5.20.